The van der Waals surface area contributed by atoms with Crippen LogP contribution in [0.3, 0.4) is 0 Å². The van der Waals surface area contributed by atoms with Crippen LogP contribution in [-0.4, -0.2) is 52.4 Å². The summed E-state index contributed by atoms with van der Waals surface area (Å²) in [6.45, 7) is 0.788. The minimum atomic E-state index is -4.79. The molecule has 0 bridgehead atoms. The molecule has 1 aromatic carbocycles. The Morgan fingerprint density at radius 1 is 1.12 bits per heavy atom. The molecule has 0 atom stereocenters. The number of ether oxygens (including phenoxy) is 2. The summed E-state index contributed by atoms with van der Waals surface area (Å²) in [4.78, 5) is 21.5. The molecular weight excluding hydrogens is 541 g/mol. The fraction of sp³-hybridized carbons (Fsp3) is 0.321. The third-order valence-corrected chi connectivity index (χ3v) is 6.42. The Morgan fingerprint density at radius 2 is 1.95 bits per heavy atom. The van der Waals surface area contributed by atoms with Crippen LogP contribution in [0.2, 0.25) is 0 Å². The SMILES string of the molecule is CNCCOc1cc(-c2c(NC(=O)Cc3coc(-c4ccnnc4)n3)ccc(OC3CCC3)c2C(F)(F)F)ccn1. The first kappa shape index (κ1) is 28.0. The number of pyridine rings is 1. The molecule has 10 nitrogen and oxygen atoms in total. The van der Waals surface area contributed by atoms with Crippen molar-refractivity contribution in [3.8, 4) is 34.2 Å². The number of amides is 1. The molecule has 0 aliphatic heterocycles. The lowest BCUT2D eigenvalue weighted by Gasteiger charge is -2.29. The Hall–Kier alpha value is -4.52. The van der Waals surface area contributed by atoms with E-state index in [1.54, 1.807) is 13.1 Å². The maximum atomic E-state index is 14.7. The zero-order valence-corrected chi connectivity index (χ0v) is 22.1. The first-order valence-corrected chi connectivity index (χ1v) is 13.0. The number of aromatic nitrogens is 4. The Morgan fingerprint density at radius 3 is 2.66 bits per heavy atom. The van der Waals surface area contributed by atoms with E-state index in [1.807, 2.05) is 0 Å². The molecule has 1 aliphatic rings. The van der Waals surface area contributed by atoms with Gasteiger partial charge >= 0.3 is 6.18 Å². The standard InChI is InChI=1S/C28H27F3N6O4/c1-32-11-12-39-24-13-17(7-9-33-24)25-21(5-6-22(26(25)28(29,30)31)41-20-3-2-4-20)37-23(38)14-19-16-40-27(36-19)18-8-10-34-35-15-18/h5-10,13,15-16,20,32H,2-4,11-12,14H2,1H3,(H,37,38). The van der Waals surface area contributed by atoms with E-state index in [0.29, 0.717) is 30.6 Å². The van der Waals surface area contributed by atoms with Crippen molar-refractivity contribution in [3.63, 3.8) is 0 Å². The van der Waals surface area contributed by atoms with Gasteiger partial charge < -0.3 is 24.5 Å². The summed E-state index contributed by atoms with van der Waals surface area (Å²) in [5, 5.41) is 13.0. The lowest BCUT2D eigenvalue weighted by Crippen LogP contribution is -2.26. The van der Waals surface area contributed by atoms with Crippen LogP contribution >= 0.6 is 0 Å². The van der Waals surface area contributed by atoms with Crippen LogP contribution < -0.4 is 20.1 Å². The second kappa shape index (κ2) is 12.3. The molecule has 4 aromatic rings. The molecule has 2 N–H and O–H groups in total. The molecule has 0 spiro atoms. The fourth-order valence-electron chi connectivity index (χ4n) is 4.23. The van der Waals surface area contributed by atoms with E-state index in [0.717, 1.165) is 6.42 Å². The highest BCUT2D eigenvalue weighted by molar-refractivity contribution is 5.98. The van der Waals surface area contributed by atoms with Crippen molar-refractivity contribution in [1.29, 1.82) is 0 Å². The molecule has 0 unspecified atom stereocenters. The van der Waals surface area contributed by atoms with Gasteiger partial charge in [-0.2, -0.15) is 23.4 Å². The number of carbonyl (C=O) groups excluding carboxylic acids is 1. The molecule has 1 amide bonds. The van der Waals surface area contributed by atoms with Gasteiger partial charge in [-0.1, -0.05) is 0 Å². The van der Waals surface area contributed by atoms with E-state index in [1.165, 1.54) is 49.1 Å². The Bertz CT molecular complexity index is 1490. The van der Waals surface area contributed by atoms with E-state index in [2.05, 4.69) is 30.8 Å². The number of alkyl halides is 3. The second-order valence-corrected chi connectivity index (χ2v) is 9.36. The minimum Gasteiger partial charge on any atom is -0.490 e. The van der Waals surface area contributed by atoms with E-state index in [-0.39, 0.29) is 53.5 Å². The van der Waals surface area contributed by atoms with Gasteiger partial charge in [0.05, 0.1) is 36.2 Å². The summed E-state index contributed by atoms with van der Waals surface area (Å²) in [6, 6.07) is 7.15. The zero-order chi connectivity index (χ0) is 28.8. The van der Waals surface area contributed by atoms with Gasteiger partial charge in [-0.15, -0.1) is 0 Å². The molecule has 214 valence electrons. The zero-order valence-electron chi connectivity index (χ0n) is 22.1. The van der Waals surface area contributed by atoms with Gasteiger partial charge in [-0.3, -0.25) is 4.79 Å². The van der Waals surface area contributed by atoms with Gasteiger partial charge in [0.15, 0.2) is 0 Å². The quantitative estimate of drug-likeness (QED) is 0.243. The smallest absolute Gasteiger partial charge is 0.420 e. The van der Waals surface area contributed by atoms with Crippen molar-refractivity contribution in [2.24, 2.45) is 0 Å². The van der Waals surface area contributed by atoms with Gasteiger partial charge in [0, 0.05) is 30.1 Å². The van der Waals surface area contributed by atoms with Crippen LogP contribution in [0.5, 0.6) is 11.6 Å². The fourth-order valence-corrected chi connectivity index (χ4v) is 4.23. The lowest BCUT2D eigenvalue weighted by molar-refractivity contribution is -0.139. The summed E-state index contributed by atoms with van der Waals surface area (Å²) < 4.78 is 60.8. The number of oxazole rings is 1. The van der Waals surface area contributed by atoms with E-state index in [9.17, 15) is 18.0 Å². The third kappa shape index (κ3) is 6.80. The van der Waals surface area contributed by atoms with Crippen LogP contribution in [0.25, 0.3) is 22.6 Å². The normalized spacial score (nSPS) is 13.5. The average Bonchev–Trinajstić information content (AvgIpc) is 3.39. The number of rotatable bonds is 11. The van der Waals surface area contributed by atoms with Crippen molar-refractivity contribution in [1.82, 2.24) is 25.5 Å². The highest BCUT2D eigenvalue weighted by Crippen LogP contribution is 2.47. The van der Waals surface area contributed by atoms with Crippen molar-refractivity contribution in [2.45, 2.75) is 38.0 Å². The molecule has 1 fully saturated rings. The van der Waals surface area contributed by atoms with Gasteiger partial charge in [0.2, 0.25) is 17.7 Å². The summed E-state index contributed by atoms with van der Waals surface area (Å²) in [5.41, 5.74) is -0.249. The maximum Gasteiger partial charge on any atom is 0.420 e. The molecule has 0 radical (unpaired) electrons. The number of hydrogen-bond acceptors (Lipinski definition) is 9. The number of carbonyl (C=O) groups is 1. The number of benzene rings is 1. The van der Waals surface area contributed by atoms with E-state index < -0.39 is 17.6 Å². The van der Waals surface area contributed by atoms with E-state index >= 15 is 0 Å². The molecule has 3 heterocycles. The number of halogens is 3. The van der Waals surface area contributed by atoms with Crippen LogP contribution in [0.1, 0.15) is 30.5 Å². The van der Waals surface area contributed by atoms with Crippen LogP contribution in [0.4, 0.5) is 18.9 Å². The largest absolute Gasteiger partial charge is 0.490 e. The average molecular weight is 569 g/mol. The molecule has 0 saturated heterocycles. The van der Waals surface area contributed by atoms with Crippen LogP contribution in [-0.2, 0) is 17.4 Å². The summed E-state index contributed by atoms with van der Waals surface area (Å²) in [7, 11) is 1.75. The van der Waals surface area contributed by atoms with Crippen LogP contribution in [0.15, 0.2) is 59.6 Å². The monoisotopic (exact) mass is 568 g/mol. The number of nitrogens with one attached hydrogen (secondary N) is 2. The Kier molecular flexibility index (Phi) is 8.43. The van der Waals surface area contributed by atoms with Crippen molar-refractivity contribution < 1.29 is 31.9 Å². The molecule has 1 saturated carbocycles. The van der Waals surface area contributed by atoms with Gasteiger partial charge in [-0.25, -0.2) is 9.97 Å². The second-order valence-electron chi connectivity index (χ2n) is 9.36. The summed E-state index contributed by atoms with van der Waals surface area (Å²) >= 11 is 0. The number of anilines is 1. The first-order chi connectivity index (χ1) is 19.8. The lowest BCUT2D eigenvalue weighted by atomic mass is 9.94. The van der Waals surface area contributed by atoms with Crippen molar-refractivity contribution >= 4 is 11.6 Å². The van der Waals surface area contributed by atoms with Crippen molar-refractivity contribution in [3.05, 3.63) is 66.4 Å². The van der Waals surface area contributed by atoms with Crippen LogP contribution in [0, 0.1) is 0 Å². The predicted octanol–water partition coefficient (Wildman–Crippen LogP) is 4.92. The highest BCUT2D eigenvalue weighted by atomic mass is 19.4. The Balaban J connectivity index is 1.48. The Labute approximate surface area is 233 Å². The van der Waals surface area contributed by atoms with Gasteiger partial charge in [-0.05, 0) is 56.1 Å². The van der Waals surface area contributed by atoms with Gasteiger partial charge in [0.25, 0.3) is 0 Å². The third-order valence-electron chi connectivity index (χ3n) is 6.42. The molecule has 13 heteroatoms. The molecule has 41 heavy (non-hydrogen) atoms. The first-order valence-electron chi connectivity index (χ1n) is 13.0. The number of nitrogens with zero attached hydrogens (tertiary/aromatic N) is 4. The molecule has 3 aromatic heterocycles. The molecule has 1 aliphatic carbocycles. The summed E-state index contributed by atoms with van der Waals surface area (Å²) in [6.07, 6.45) is 2.54. The molecule has 5 rings (SSSR count). The molecular formula is C28H27F3N6O4. The topological polar surface area (TPSA) is 124 Å². The minimum absolute atomic E-state index is 0.0438. The number of likely N-dealkylation sites (N-methyl/N-ethyl adjacent to an activating group) is 1. The summed E-state index contributed by atoms with van der Waals surface area (Å²) in [5.74, 6) is -0.493. The van der Waals surface area contributed by atoms with Crippen molar-refractivity contribution in [2.75, 3.05) is 25.5 Å². The number of hydrogen-bond donors (Lipinski definition) is 2. The maximum absolute atomic E-state index is 14.7. The van der Waals surface area contributed by atoms with E-state index in [4.69, 9.17) is 13.9 Å². The van der Waals surface area contributed by atoms with Gasteiger partial charge in [0.1, 0.15) is 24.2 Å². The highest BCUT2D eigenvalue weighted by Gasteiger charge is 2.40. The predicted molar refractivity (Wildman–Crippen MR) is 142 cm³/mol.